The van der Waals surface area contributed by atoms with E-state index in [1.807, 2.05) is 12.4 Å². The van der Waals surface area contributed by atoms with Crippen molar-refractivity contribution in [2.75, 3.05) is 0 Å². The van der Waals surface area contributed by atoms with Gasteiger partial charge in [-0.1, -0.05) is 36.4 Å². The zero-order valence-electron chi connectivity index (χ0n) is 37.5. The molecule has 0 radical (unpaired) electrons. The second-order valence-electron chi connectivity index (χ2n) is 18.1. The summed E-state index contributed by atoms with van der Waals surface area (Å²) in [7, 11) is 0. The van der Waals surface area contributed by atoms with Gasteiger partial charge in [-0.3, -0.25) is 0 Å². The minimum absolute atomic E-state index is 0.133. The molecule has 2 aliphatic carbocycles. The molecule has 11 aromatic rings. The van der Waals surface area contributed by atoms with Gasteiger partial charge < -0.3 is 0 Å². The SMILES string of the molecule is Cc1cc2c(c(-c3cnnnc3-c3cccc(-c4c(-c5ccccc5)ccc5[se]c6ccccc6c45)c3-c3nnncc3-c3c(C)c(C)cc4c3Cc3ccccc3-4)c1C)Cc1ccccc1-2. The number of fused-ring (bicyclic) bond motifs is 9. The van der Waals surface area contributed by atoms with E-state index in [2.05, 4.69) is 194 Å². The second kappa shape index (κ2) is 15.5. The summed E-state index contributed by atoms with van der Waals surface area (Å²) >= 11 is 0.133. The number of hydrogen-bond acceptors (Lipinski definition) is 6. The Labute approximate surface area is 394 Å². The second-order valence-corrected chi connectivity index (χ2v) is 20.3. The monoisotopic (exact) mass is 926 g/mol. The fraction of sp³-hybridized carbons (Fsp3) is 0.100. The Kier molecular flexibility index (Phi) is 9.14. The Hall–Kier alpha value is -7.70. The predicted octanol–water partition coefficient (Wildman–Crippen LogP) is 13.8. The van der Waals surface area contributed by atoms with Crippen molar-refractivity contribution in [1.29, 1.82) is 0 Å². The van der Waals surface area contributed by atoms with E-state index in [9.17, 15) is 0 Å². The molecule has 318 valence electrons. The average Bonchev–Trinajstić information content (AvgIpc) is 4.06. The van der Waals surface area contributed by atoms with Gasteiger partial charge in [0, 0.05) is 0 Å². The summed E-state index contributed by atoms with van der Waals surface area (Å²) in [5.41, 5.74) is 27.3. The average molecular weight is 926 g/mol. The van der Waals surface area contributed by atoms with Crippen molar-refractivity contribution in [3.8, 4) is 89.3 Å². The van der Waals surface area contributed by atoms with E-state index in [4.69, 9.17) is 10.2 Å². The zero-order chi connectivity index (χ0) is 44.9. The quantitative estimate of drug-likeness (QED) is 0.155. The van der Waals surface area contributed by atoms with Crippen molar-refractivity contribution in [3.05, 3.63) is 202 Å². The summed E-state index contributed by atoms with van der Waals surface area (Å²) in [6, 6.07) is 53.4. The van der Waals surface area contributed by atoms with Crippen molar-refractivity contribution in [2.45, 2.75) is 40.5 Å². The molecule has 0 saturated carbocycles. The Bertz CT molecular complexity index is 3870. The van der Waals surface area contributed by atoms with Crippen LogP contribution in [0.1, 0.15) is 44.5 Å². The molecule has 0 unspecified atom stereocenters. The number of aromatic nitrogens is 6. The van der Waals surface area contributed by atoms with E-state index >= 15 is 0 Å². The maximum absolute atomic E-state index is 5.18. The number of rotatable bonds is 6. The van der Waals surface area contributed by atoms with Gasteiger partial charge >= 0.3 is 361 Å². The Morgan fingerprint density at radius 3 is 1.63 bits per heavy atom. The molecular weight excluding hydrogens is 884 g/mol. The van der Waals surface area contributed by atoms with Crippen LogP contribution in [-0.2, 0) is 12.8 Å². The summed E-state index contributed by atoms with van der Waals surface area (Å²) in [5.74, 6) is 0. The third-order valence-electron chi connectivity index (χ3n) is 14.5. The van der Waals surface area contributed by atoms with E-state index in [-0.39, 0.29) is 14.5 Å². The smallest absolute Gasteiger partial charge is 0.0619 e. The molecule has 0 saturated heterocycles. The van der Waals surface area contributed by atoms with Crippen LogP contribution in [-0.4, -0.2) is 45.3 Å². The summed E-state index contributed by atoms with van der Waals surface area (Å²) in [4.78, 5) is 0. The van der Waals surface area contributed by atoms with Gasteiger partial charge in [-0.15, -0.1) is 0 Å². The van der Waals surface area contributed by atoms with Crippen LogP contribution in [0.5, 0.6) is 0 Å². The standard InChI is InChI=1S/C60H42N6Se/c1-33-27-46-40-19-10-8-17-38(40)29-48(46)54(35(33)3)50-31-61-65-63-59(50)45-23-14-22-44(56-42(37-15-6-5-7-16-37)25-26-53-58(56)43-21-12-13-24-52(43)67-53)57(45)60-51(32-62-66-64-60)55-36(4)34(2)28-47-41-20-11-9-18-39(41)30-49(47)55/h5-28,31-32H,29-30H2,1-4H3. The topological polar surface area (TPSA) is 77.3 Å². The molecule has 2 aliphatic rings. The number of hydrogen-bond donors (Lipinski definition) is 0. The summed E-state index contributed by atoms with van der Waals surface area (Å²) < 4.78 is 2.75. The Morgan fingerprint density at radius 2 is 0.955 bits per heavy atom. The first kappa shape index (κ1) is 39.6. The van der Waals surface area contributed by atoms with Crippen LogP contribution < -0.4 is 0 Å². The minimum atomic E-state index is 0.133. The first-order valence-corrected chi connectivity index (χ1v) is 24.6. The van der Waals surface area contributed by atoms with E-state index in [0.29, 0.717) is 0 Å². The molecule has 0 fully saturated rings. The summed E-state index contributed by atoms with van der Waals surface area (Å²) in [6.07, 6.45) is 5.51. The first-order valence-electron chi connectivity index (χ1n) is 22.9. The molecular formula is C60H42N6Se. The molecule has 3 aromatic heterocycles. The van der Waals surface area contributed by atoms with Crippen LogP contribution in [0.4, 0.5) is 0 Å². The minimum Gasteiger partial charge on any atom is -0.0619 e. The molecule has 0 N–H and O–H groups in total. The van der Waals surface area contributed by atoms with E-state index in [1.165, 1.54) is 91.6 Å². The van der Waals surface area contributed by atoms with Crippen LogP contribution in [0, 0.1) is 27.7 Å². The number of nitrogens with zero attached hydrogens (tertiary/aromatic N) is 6. The maximum atomic E-state index is 5.18. The first-order chi connectivity index (χ1) is 32.9. The molecule has 0 aliphatic heterocycles. The Morgan fingerprint density at radius 1 is 0.403 bits per heavy atom. The van der Waals surface area contributed by atoms with Gasteiger partial charge in [-0.2, -0.15) is 0 Å². The van der Waals surface area contributed by atoms with Crippen LogP contribution in [0.25, 0.3) is 109 Å². The van der Waals surface area contributed by atoms with E-state index < -0.39 is 0 Å². The molecule has 0 amide bonds. The van der Waals surface area contributed by atoms with Crippen molar-refractivity contribution in [1.82, 2.24) is 30.8 Å². The fourth-order valence-electron chi connectivity index (χ4n) is 11.2. The predicted molar refractivity (Wildman–Crippen MR) is 273 cm³/mol. The third-order valence-corrected chi connectivity index (χ3v) is 16.9. The molecule has 7 heteroatoms. The van der Waals surface area contributed by atoms with Gasteiger partial charge in [-0.25, -0.2) is 0 Å². The van der Waals surface area contributed by atoms with Crippen molar-refractivity contribution in [2.24, 2.45) is 0 Å². The number of aryl methyl sites for hydroxylation is 2. The van der Waals surface area contributed by atoms with Crippen molar-refractivity contribution >= 4 is 33.8 Å². The van der Waals surface area contributed by atoms with Crippen LogP contribution in [0.15, 0.2) is 158 Å². The Balaban J connectivity index is 1.17. The van der Waals surface area contributed by atoms with Gasteiger partial charge in [0.15, 0.2) is 0 Å². The van der Waals surface area contributed by atoms with Crippen molar-refractivity contribution in [3.63, 3.8) is 0 Å². The molecule has 6 nitrogen and oxygen atoms in total. The molecule has 3 heterocycles. The molecule has 0 atom stereocenters. The van der Waals surface area contributed by atoms with Gasteiger partial charge in [0.25, 0.3) is 0 Å². The van der Waals surface area contributed by atoms with E-state index in [0.717, 1.165) is 74.3 Å². The summed E-state index contributed by atoms with van der Waals surface area (Å²) in [5, 5.41) is 30.9. The number of benzene rings is 8. The van der Waals surface area contributed by atoms with Gasteiger partial charge in [0.05, 0.1) is 0 Å². The van der Waals surface area contributed by atoms with Crippen LogP contribution in [0.3, 0.4) is 0 Å². The molecule has 67 heavy (non-hydrogen) atoms. The zero-order valence-corrected chi connectivity index (χ0v) is 39.2. The van der Waals surface area contributed by atoms with Crippen molar-refractivity contribution < 1.29 is 0 Å². The molecule has 0 spiro atoms. The van der Waals surface area contributed by atoms with Crippen LogP contribution >= 0.6 is 0 Å². The van der Waals surface area contributed by atoms with E-state index in [1.54, 1.807) is 0 Å². The van der Waals surface area contributed by atoms with Gasteiger partial charge in [0.1, 0.15) is 0 Å². The third kappa shape index (κ3) is 6.08. The molecule has 0 bridgehead atoms. The summed E-state index contributed by atoms with van der Waals surface area (Å²) in [6.45, 7) is 8.92. The molecule has 8 aromatic carbocycles. The van der Waals surface area contributed by atoms with Crippen LogP contribution in [0.2, 0.25) is 0 Å². The normalized spacial score (nSPS) is 12.4. The molecule has 13 rings (SSSR count). The fourth-order valence-corrected chi connectivity index (χ4v) is 13.6. The van der Waals surface area contributed by atoms with Gasteiger partial charge in [0.2, 0.25) is 0 Å². The van der Waals surface area contributed by atoms with Gasteiger partial charge in [-0.05, 0) is 0 Å².